The van der Waals surface area contributed by atoms with Crippen LogP contribution in [0.3, 0.4) is 0 Å². The van der Waals surface area contributed by atoms with Crippen LogP contribution < -0.4 is 5.73 Å². The fourth-order valence-corrected chi connectivity index (χ4v) is 1.95. The first-order chi connectivity index (χ1) is 7.48. The molecule has 0 saturated carbocycles. The number of nitrogen functional groups attached to an aromatic ring is 1. The molecule has 16 heavy (non-hydrogen) atoms. The molecule has 0 aliphatic rings. The van der Waals surface area contributed by atoms with E-state index in [4.69, 9.17) is 10.3 Å². The predicted octanol–water partition coefficient (Wildman–Crippen LogP) is 1.33. The molecule has 0 amide bonds. The number of nitrogens with zero attached hydrogens (tertiary/aromatic N) is 1. The fourth-order valence-electron chi connectivity index (χ4n) is 1.32. The zero-order valence-electron chi connectivity index (χ0n) is 8.54. The largest absolute Gasteiger partial charge is 0.394 e. The van der Waals surface area contributed by atoms with E-state index in [0.717, 1.165) is 6.26 Å². The second kappa shape index (κ2) is 3.64. The van der Waals surface area contributed by atoms with Gasteiger partial charge in [0.15, 0.2) is 15.6 Å². The van der Waals surface area contributed by atoms with E-state index in [0.29, 0.717) is 17.0 Å². The Morgan fingerprint density at radius 3 is 2.31 bits per heavy atom. The standard InChI is InChI=1S/C10H10N2O3S/c1-16(13,14)8-4-2-7(3-5-8)10-9(11)6-12-15-10/h2-6H,11H2,1H3. The molecule has 0 fully saturated rings. The fraction of sp³-hybridized carbons (Fsp3) is 0.100. The second-order valence-corrected chi connectivity index (χ2v) is 5.42. The van der Waals surface area contributed by atoms with Crippen LogP contribution in [0, 0.1) is 0 Å². The Balaban J connectivity index is 2.45. The summed E-state index contributed by atoms with van der Waals surface area (Å²) < 4.78 is 27.4. The third-order valence-electron chi connectivity index (χ3n) is 2.14. The number of rotatable bonds is 2. The monoisotopic (exact) mass is 238 g/mol. The molecule has 0 unspecified atom stereocenters. The van der Waals surface area contributed by atoms with Crippen molar-refractivity contribution in [2.24, 2.45) is 0 Å². The van der Waals surface area contributed by atoms with Crippen LogP contribution in [-0.4, -0.2) is 19.8 Å². The Morgan fingerprint density at radius 2 is 1.88 bits per heavy atom. The van der Waals surface area contributed by atoms with Gasteiger partial charge >= 0.3 is 0 Å². The third-order valence-corrected chi connectivity index (χ3v) is 3.27. The molecule has 0 atom stereocenters. The van der Waals surface area contributed by atoms with E-state index in [-0.39, 0.29) is 4.90 Å². The molecule has 0 saturated heterocycles. The van der Waals surface area contributed by atoms with Gasteiger partial charge in [-0.1, -0.05) is 5.16 Å². The lowest BCUT2D eigenvalue weighted by molar-refractivity contribution is 0.432. The summed E-state index contributed by atoms with van der Waals surface area (Å²) in [6.45, 7) is 0. The molecule has 0 spiro atoms. The van der Waals surface area contributed by atoms with Gasteiger partial charge in [-0.25, -0.2) is 8.42 Å². The Bertz CT molecular complexity index is 599. The normalized spacial score (nSPS) is 11.6. The summed E-state index contributed by atoms with van der Waals surface area (Å²) in [5.41, 5.74) is 6.74. The number of anilines is 1. The minimum absolute atomic E-state index is 0.259. The van der Waals surface area contributed by atoms with Crippen molar-refractivity contribution in [3.63, 3.8) is 0 Å². The molecule has 6 heteroatoms. The molecule has 0 radical (unpaired) electrons. The van der Waals surface area contributed by atoms with Gasteiger partial charge in [-0.3, -0.25) is 0 Å². The highest BCUT2D eigenvalue weighted by Gasteiger charge is 2.10. The first-order valence-electron chi connectivity index (χ1n) is 4.49. The highest BCUT2D eigenvalue weighted by molar-refractivity contribution is 7.90. The molecule has 0 aliphatic carbocycles. The minimum atomic E-state index is -3.18. The quantitative estimate of drug-likeness (QED) is 0.852. The van der Waals surface area contributed by atoms with E-state index in [1.807, 2.05) is 0 Å². The molecule has 1 aromatic heterocycles. The van der Waals surface area contributed by atoms with Gasteiger partial charge in [0, 0.05) is 11.8 Å². The van der Waals surface area contributed by atoms with Crippen molar-refractivity contribution in [2.75, 3.05) is 12.0 Å². The van der Waals surface area contributed by atoms with Crippen molar-refractivity contribution in [1.29, 1.82) is 0 Å². The summed E-state index contributed by atoms with van der Waals surface area (Å²) in [6.07, 6.45) is 2.56. The highest BCUT2D eigenvalue weighted by Crippen LogP contribution is 2.26. The lowest BCUT2D eigenvalue weighted by Gasteiger charge is -2.00. The molecule has 5 nitrogen and oxygen atoms in total. The van der Waals surface area contributed by atoms with Gasteiger partial charge in [-0.05, 0) is 24.3 Å². The summed E-state index contributed by atoms with van der Waals surface area (Å²) >= 11 is 0. The first-order valence-corrected chi connectivity index (χ1v) is 6.38. The van der Waals surface area contributed by atoms with Crippen LogP contribution in [0.15, 0.2) is 39.9 Å². The predicted molar refractivity (Wildman–Crippen MR) is 59.5 cm³/mol. The van der Waals surface area contributed by atoms with Gasteiger partial charge in [0.25, 0.3) is 0 Å². The summed E-state index contributed by atoms with van der Waals surface area (Å²) in [5, 5.41) is 3.55. The summed E-state index contributed by atoms with van der Waals surface area (Å²) in [6, 6.07) is 6.28. The smallest absolute Gasteiger partial charge is 0.189 e. The van der Waals surface area contributed by atoms with Crippen molar-refractivity contribution in [1.82, 2.24) is 5.16 Å². The number of hydrogen-bond acceptors (Lipinski definition) is 5. The van der Waals surface area contributed by atoms with Gasteiger partial charge in [0.1, 0.15) is 5.69 Å². The molecule has 84 valence electrons. The van der Waals surface area contributed by atoms with E-state index in [1.165, 1.54) is 18.3 Å². The second-order valence-electron chi connectivity index (χ2n) is 3.41. The Kier molecular flexibility index (Phi) is 2.43. The molecule has 1 aromatic carbocycles. The van der Waals surface area contributed by atoms with Gasteiger partial charge in [0.2, 0.25) is 0 Å². The van der Waals surface area contributed by atoms with Crippen LogP contribution in [0.4, 0.5) is 5.69 Å². The zero-order chi connectivity index (χ0) is 11.8. The molecule has 2 rings (SSSR count). The average molecular weight is 238 g/mol. The SMILES string of the molecule is CS(=O)(=O)c1ccc(-c2oncc2N)cc1. The van der Waals surface area contributed by atoms with E-state index in [9.17, 15) is 8.42 Å². The van der Waals surface area contributed by atoms with E-state index >= 15 is 0 Å². The molecule has 2 N–H and O–H groups in total. The number of aromatic nitrogens is 1. The molecular weight excluding hydrogens is 228 g/mol. The van der Waals surface area contributed by atoms with Crippen LogP contribution in [-0.2, 0) is 9.84 Å². The van der Waals surface area contributed by atoms with Crippen molar-refractivity contribution >= 4 is 15.5 Å². The summed E-state index contributed by atoms with van der Waals surface area (Å²) in [5.74, 6) is 0.444. The van der Waals surface area contributed by atoms with Crippen molar-refractivity contribution < 1.29 is 12.9 Å². The van der Waals surface area contributed by atoms with Crippen molar-refractivity contribution in [3.05, 3.63) is 30.5 Å². The van der Waals surface area contributed by atoms with Gasteiger partial charge in [0.05, 0.1) is 11.1 Å². The van der Waals surface area contributed by atoms with Crippen molar-refractivity contribution in [2.45, 2.75) is 4.90 Å². The Labute approximate surface area is 92.8 Å². The molecule has 1 heterocycles. The van der Waals surface area contributed by atoms with E-state index < -0.39 is 9.84 Å². The van der Waals surface area contributed by atoms with Crippen LogP contribution >= 0.6 is 0 Å². The van der Waals surface area contributed by atoms with Crippen LogP contribution in [0.1, 0.15) is 0 Å². The topological polar surface area (TPSA) is 86.2 Å². The van der Waals surface area contributed by atoms with Gasteiger partial charge in [-0.15, -0.1) is 0 Å². The zero-order valence-corrected chi connectivity index (χ0v) is 9.36. The summed E-state index contributed by atoms with van der Waals surface area (Å²) in [7, 11) is -3.18. The number of benzene rings is 1. The number of hydrogen-bond donors (Lipinski definition) is 1. The average Bonchev–Trinajstić information content (AvgIpc) is 2.63. The molecule has 2 aromatic rings. The molecular formula is C10H10N2O3S. The van der Waals surface area contributed by atoms with Gasteiger partial charge < -0.3 is 10.3 Å². The maximum absolute atomic E-state index is 11.2. The van der Waals surface area contributed by atoms with Crippen LogP contribution in [0.25, 0.3) is 11.3 Å². The van der Waals surface area contributed by atoms with E-state index in [1.54, 1.807) is 12.1 Å². The Hall–Kier alpha value is -1.82. The summed E-state index contributed by atoms with van der Waals surface area (Å²) in [4.78, 5) is 0.259. The van der Waals surface area contributed by atoms with E-state index in [2.05, 4.69) is 5.16 Å². The Morgan fingerprint density at radius 1 is 1.25 bits per heavy atom. The number of sulfone groups is 1. The van der Waals surface area contributed by atoms with Crippen molar-refractivity contribution in [3.8, 4) is 11.3 Å². The lowest BCUT2D eigenvalue weighted by Crippen LogP contribution is -1.96. The maximum atomic E-state index is 11.2. The molecule has 0 bridgehead atoms. The maximum Gasteiger partial charge on any atom is 0.189 e. The third kappa shape index (κ3) is 1.92. The minimum Gasteiger partial charge on any atom is -0.394 e. The molecule has 0 aliphatic heterocycles. The van der Waals surface area contributed by atoms with Crippen LogP contribution in [0.5, 0.6) is 0 Å². The highest BCUT2D eigenvalue weighted by atomic mass is 32.2. The van der Waals surface area contributed by atoms with Gasteiger partial charge in [-0.2, -0.15) is 0 Å². The lowest BCUT2D eigenvalue weighted by atomic mass is 10.1. The van der Waals surface area contributed by atoms with Crippen LogP contribution in [0.2, 0.25) is 0 Å². The number of nitrogens with two attached hydrogens (primary N) is 1. The first kappa shape index (κ1) is 10.7.